The third-order valence-electron chi connectivity index (χ3n) is 4.01. The van der Waals surface area contributed by atoms with Gasteiger partial charge in [-0.2, -0.15) is 0 Å². The topological polar surface area (TPSA) is 32.3 Å². The molecule has 18 heavy (non-hydrogen) atoms. The summed E-state index contributed by atoms with van der Waals surface area (Å²) in [6, 6.07) is 5.24. The second kappa shape index (κ2) is 6.30. The first-order valence-corrected chi connectivity index (χ1v) is 6.77. The van der Waals surface area contributed by atoms with Crippen LogP contribution in [0.3, 0.4) is 0 Å². The predicted octanol–water partition coefficient (Wildman–Crippen LogP) is 2.63. The number of rotatable bonds is 5. The summed E-state index contributed by atoms with van der Waals surface area (Å²) in [6.07, 6.45) is 3.59. The molecular formula is C15H22FNO. The molecule has 2 atom stereocenters. The van der Waals surface area contributed by atoms with Gasteiger partial charge in [0.1, 0.15) is 5.82 Å². The van der Waals surface area contributed by atoms with E-state index in [0.717, 1.165) is 25.1 Å². The fourth-order valence-electron chi connectivity index (χ4n) is 2.84. The molecule has 1 aromatic carbocycles. The smallest absolute Gasteiger partial charge is 0.126 e. The molecule has 1 aromatic rings. The van der Waals surface area contributed by atoms with Crippen molar-refractivity contribution in [3.63, 3.8) is 0 Å². The van der Waals surface area contributed by atoms with E-state index in [9.17, 15) is 9.50 Å². The minimum absolute atomic E-state index is 0.144. The summed E-state index contributed by atoms with van der Waals surface area (Å²) in [5.74, 6) is 0.916. The maximum Gasteiger partial charge on any atom is 0.126 e. The molecule has 0 saturated heterocycles. The molecular weight excluding hydrogens is 229 g/mol. The highest BCUT2D eigenvalue weighted by atomic mass is 19.1. The van der Waals surface area contributed by atoms with Gasteiger partial charge < -0.3 is 10.4 Å². The van der Waals surface area contributed by atoms with E-state index in [1.54, 1.807) is 6.92 Å². The molecule has 1 saturated carbocycles. The van der Waals surface area contributed by atoms with Gasteiger partial charge >= 0.3 is 0 Å². The van der Waals surface area contributed by atoms with Crippen molar-refractivity contribution in [2.45, 2.75) is 32.7 Å². The van der Waals surface area contributed by atoms with Crippen LogP contribution in [0.2, 0.25) is 0 Å². The lowest BCUT2D eigenvalue weighted by atomic mass is 9.97. The van der Waals surface area contributed by atoms with Gasteiger partial charge in [-0.3, -0.25) is 0 Å². The summed E-state index contributed by atoms with van der Waals surface area (Å²) in [5.41, 5.74) is 1.82. The molecule has 1 fully saturated rings. The van der Waals surface area contributed by atoms with Crippen molar-refractivity contribution in [3.8, 4) is 0 Å². The Balaban J connectivity index is 1.79. The molecule has 2 unspecified atom stereocenters. The molecule has 0 aliphatic heterocycles. The standard InChI is InChI=1S/C15H22FNO/c1-11-7-12(5-6-15(11)16)8-17-9-13-3-2-4-14(13)10-18/h5-7,13-14,17-18H,2-4,8-10H2,1H3. The van der Waals surface area contributed by atoms with Gasteiger partial charge in [0.25, 0.3) is 0 Å². The van der Waals surface area contributed by atoms with Gasteiger partial charge in [-0.1, -0.05) is 18.6 Å². The number of hydrogen-bond acceptors (Lipinski definition) is 2. The molecule has 2 nitrogen and oxygen atoms in total. The molecule has 1 aliphatic carbocycles. The van der Waals surface area contributed by atoms with Crippen molar-refractivity contribution >= 4 is 0 Å². The SMILES string of the molecule is Cc1cc(CNCC2CCCC2CO)ccc1F. The zero-order valence-electron chi connectivity index (χ0n) is 11.0. The van der Waals surface area contributed by atoms with Crippen LogP contribution in [0, 0.1) is 24.6 Å². The fraction of sp³-hybridized carbons (Fsp3) is 0.600. The monoisotopic (exact) mass is 251 g/mol. The Labute approximate surface area is 108 Å². The van der Waals surface area contributed by atoms with Crippen LogP contribution in [0.4, 0.5) is 4.39 Å². The van der Waals surface area contributed by atoms with Crippen molar-refractivity contribution in [2.75, 3.05) is 13.2 Å². The first-order chi connectivity index (χ1) is 8.70. The van der Waals surface area contributed by atoms with Gasteiger partial charge in [-0.05, 0) is 55.3 Å². The van der Waals surface area contributed by atoms with E-state index >= 15 is 0 Å². The van der Waals surface area contributed by atoms with Crippen LogP contribution < -0.4 is 5.32 Å². The van der Waals surface area contributed by atoms with Crippen LogP contribution in [0.5, 0.6) is 0 Å². The summed E-state index contributed by atoms with van der Waals surface area (Å²) in [7, 11) is 0. The minimum Gasteiger partial charge on any atom is -0.396 e. The van der Waals surface area contributed by atoms with Gasteiger partial charge in [-0.25, -0.2) is 4.39 Å². The molecule has 0 spiro atoms. The predicted molar refractivity (Wildman–Crippen MR) is 70.8 cm³/mol. The van der Waals surface area contributed by atoms with Gasteiger partial charge in [0.15, 0.2) is 0 Å². The van der Waals surface area contributed by atoms with E-state index in [2.05, 4.69) is 5.32 Å². The molecule has 1 aliphatic rings. The van der Waals surface area contributed by atoms with E-state index in [1.165, 1.54) is 18.9 Å². The van der Waals surface area contributed by atoms with E-state index in [0.29, 0.717) is 24.0 Å². The average molecular weight is 251 g/mol. The lowest BCUT2D eigenvalue weighted by Crippen LogP contribution is -2.26. The van der Waals surface area contributed by atoms with Crippen molar-refractivity contribution in [1.82, 2.24) is 5.32 Å². The Morgan fingerprint density at radius 3 is 2.83 bits per heavy atom. The highest BCUT2D eigenvalue weighted by Gasteiger charge is 2.25. The summed E-state index contributed by atoms with van der Waals surface area (Å²) >= 11 is 0. The second-order valence-corrected chi connectivity index (χ2v) is 5.35. The Morgan fingerprint density at radius 1 is 1.33 bits per heavy atom. The van der Waals surface area contributed by atoms with Crippen LogP contribution in [-0.2, 0) is 6.54 Å². The molecule has 0 amide bonds. The fourth-order valence-corrected chi connectivity index (χ4v) is 2.84. The third-order valence-corrected chi connectivity index (χ3v) is 4.01. The minimum atomic E-state index is -0.144. The average Bonchev–Trinajstić information content (AvgIpc) is 2.81. The molecule has 3 heteroatoms. The van der Waals surface area contributed by atoms with E-state index in [4.69, 9.17) is 0 Å². The lowest BCUT2D eigenvalue weighted by Gasteiger charge is -2.18. The Hall–Kier alpha value is -0.930. The summed E-state index contributed by atoms with van der Waals surface area (Å²) in [5, 5.41) is 12.7. The Kier molecular flexibility index (Phi) is 4.72. The van der Waals surface area contributed by atoms with Gasteiger partial charge in [0, 0.05) is 13.2 Å². The first-order valence-electron chi connectivity index (χ1n) is 6.77. The molecule has 2 rings (SSSR count). The number of hydrogen-bond donors (Lipinski definition) is 2. The molecule has 0 aromatic heterocycles. The van der Waals surface area contributed by atoms with Crippen LogP contribution in [-0.4, -0.2) is 18.3 Å². The number of aliphatic hydroxyl groups is 1. The van der Waals surface area contributed by atoms with Crippen LogP contribution in [0.15, 0.2) is 18.2 Å². The highest BCUT2D eigenvalue weighted by molar-refractivity contribution is 5.23. The zero-order chi connectivity index (χ0) is 13.0. The van der Waals surface area contributed by atoms with Gasteiger partial charge in [0.05, 0.1) is 0 Å². The summed E-state index contributed by atoms with van der Waals surface area (Å²) in [4.78, 5) is 0. The van der Waals surface area contributed by atoms with Crippen molar-refractivity contribution in [1.29, 1.82) is 0 Å². The lowest BCUT2D eigenvalue weighted by molar-refractivity contribution is 0.192. The second-order valence-electron chi connectivity index (χ2n) is 5.35. The largest absolute Gasteiger partial charge is 0.396 e. The van der Waals surface area contributed by atoms with E-state index < -0.39 is 0 Å². The van der Waals surface area contributed by atoms with Gasteiger partial charge in [-0.15, -0.1) is 0 Å². The number of halogens is 1. The van der Waals surface area contributed by atoms with E-state index in [1.807, 2.05) is 12.1 Å². The molecule has 100 valence electrons. The summed E-state index contributed by atoms with van der Waals surface area (Å²) in [6.45, 7) is 3.82. The maximum atomic E-state index is 13.1. The van der Waals surface area contributed by atoms with E-state index in [-0.39, 0.29) is 5.82 Å². The maximum absolute atomic E-state index is 13.1. The number of aliphatic hydroxyl groups excluding tert-OH is 1. The third kappa shape index (κ3) is 3.30. The number of benzene rings is 1. The Bertz CT molecular complexity index is 394. The van der Waals surface area contributed by atoms with Crippen LogP contribution in [0.1, 0.15) is 30.4 Å². The summed E-state index contributed by atoms with van der Waals surface area (Å²) < 4.78 is 13.1. The quantitative estimate of drug-likeness (QED) is 0.843. The van der Waals surface area contributed by atoms with Crippen molar-refractivity contribution in [2.24, 2.45) is 11.8 Å². The molecule has 2 N–H and O–H groups in total. The highest BCUT2D eigenvalue weighted by Crippen LogP contribution is 2.30. The Morgan fingerprint density at radius 2 is 2.11 bits per heavy atom. The van der Waals surface area contributed by atoms with Gasteiger partial charge in [0.2, 0.25) is 0 Å². The zero-order valence-corrected chi connectivity index (χ0v) is 11.0. The molecule has 0 radical (unpaired) electrons. The van der Waals surface area contributed by atoms with Crippen molar-refractivity contribution in [3.05, 3.63) is 35.1 Å². The van der Waals surface area contributed by atoms with Crippen LogP contribution in [0.25, 0.3) is 0 Å². The molecule has 0 bridgehead atoms. The normalized spacial score (nSPS) is 23.5. The number of aryl methyl sites for hydroxylation is 1. The molecule has 0 heterocycles. The van der Waals surface area contributed by atoms with Crippen molar-refractivity contribution < 1.29 is 9.50 Å². The number of nitrogens with one attached hydrogen (secondary N) is 1. The van der Waals surface area contributed by atoms with Crippen LogP contribution >= 0.6 is 0 Å². The first kappa shape index (κ1) is 13.5.